The molecule has 0 fully saturated rings. The van der Waals surface area contributed by atoms with Crippen molar-refractivity contribution < 1.29 is 83.8 Å². The van der Waals surface area contributed by atoms with Crippen molar-refractivity contribution in [3.63, 3.8) is 0 Å². The Morgan fingerprint density at radius 1 is 0.369 bits per heavy atom. The smallest absolute Gasteiger partial charge is 0.286 e. The number of aromatic nitrogens is 4. The number of benzene rings is 4. The molecule has 2 aromatic heterocycles. The molecule has 6 aromatic rings. The maximum absolute atomic E-state index is 8.40. The van der Waals surface area contributed by atoms with Crippen LogP contribution in [0.2, 0.25) is 20.1 Å². The molecule has 10 rings (SSSR count). The van der Waals surface area contributed by atoms with Crippen molar-refractivity contribution in [1.82, 2.24) is 14.5 Å². The Balaban J connectivity index is 0.0000190. The second kappa shape index (κ2) is 49.2. The summed E-state index contributed by atoms with van der Waals surface area (Å²) in [6, 6.07) is 0. The summed E-state index contributed by atoms with van der Waals surface area (Å²) in [5, 5.41) is 4.75. The van der Waals surface area contributed by atoms with Gasteiger partial charge in [-0.15, -0.1) is 47.0 Å². The molecule has 0 saturated heterocycles. The maximum Gasteiger partial charge on any atom is 0.286 e. The van der Waals surface area contributed by atoms with Crippen molar-refractivity contribution in [2.45, 2.75) is 237 Å². The minimum absolute atomic E-state index is 0. The third-order valence-corrected chi connectivity index (χ3v) is 32.5. The number of quaternary nitrogens is 4. The normalized spacial score (nSPS) is 13.4. The molecule has 4 aromatic carbocycles. The number of rotatable bonds is 56. The van der Waals surface area contributed by atoms with Crippen LogP contribution in [0.15, 0.2) is 44.2 Å². The van der Waals surface area contributed by atoms with Crippen molar-refractivity contribution in [1.29, 1.82) is 0 Å². The predicted octanol–water partition coefficient (Wildman–Crippen LogP) is 24.6. The molecule has 0 unspecified atom stereocenters. The van der Waals surface area contributed by atoms with E-state index < -0.39 is 0 Å². The first-order valence-corrected chi connectivity index (χ1v) is 53.7. The van der Waals surface area contributed by atoms with E-state index in [0.29, 0.717) is 238 Å². The van der Waals surface area contributed by atoms with Gasteiger partial charge in [-0.25, -0.2) is 4.99 Å². The molecule has 6 heterocycles. The molecular weight excluding hydrogens is 1830 g/mol. The topological polar surface area (TPSA) is 172 Å². The van der Waals surface area contributed by atoms with Gasteiger partial charge >= 0.3 is 0 Å². The maximum atomic E-state index is 8.40. The van der Waals surface area contributed by atoms with E-state index in [9.17, 15) is 0 Å². The molecule has 1 radical (unpaired) electrons. The Labute approximate surface area is 827 Å². The molecule has 4 aliphatic rings. The van der Waals surface area contributed by atoms with Crippen LogP contribution in [0.25, 0.3) is 43.8 Å². The van der Waals surface area contributed by atoms with Gasteiger partial charge in [-0.2, -0.15) is 9.62 Å². The van der Waals surface area contributed by atoms with Crippen molar-refractivity contribution in [3.05, 3.63) is 47.8 Å². The summed E-state index contributed by atoms with van der Waals surface area (Å²) >= 11 is 40.2. The molecule has 0 aliphatic carbocycles. The van der Waals surface area contributed by atoms with Crippen molar-refractivity contribution in [2.24, 2.45) is 67.3 Å². The molecule has 0 amide bonds. The van der Waals surface area contributed by atoms with E-state index >= 15 is 0 Å². The van der Waals surface area contributed by atoms with E-state index in [1.807, 2.05) is 0 Å². The third-order valence-electron chi connectivity index (χ3n) is 26.3. The summed E-state index contributed by atoms with van der Waals surface area (Å²) in [6.07, 6.45) is 4.99. The van der Waals surface area contributed by atoms with Gasteiger partial charge in [0.2, 0.25) is 5.82 Å². The van der Waals surface area contributed by atoms with E-state index in [2.05, 4.69) is 194 Å². The van der Waals surface area contributed by atoms with Gasteiger partial charge in [0.25, 0.3) is 11.5 Å². The van der Waals surface area contributed by atoms with Crippen LogP contribution in [0, 0.1) is 47.3 Å². The summed E-state index contributed by atoms with van der Waals surface area (Å²) in [4.78, 5) is 39.2. The minimum Gasteiger partial charge on any atom is -0.492 e. The summed E-state index contributed by atoms with van der Waals surface area (Å²) in [5.74, 6) is 9.13. The van der Waals surface area contributed by atoms with Gasteiger partial charge in [-0.05, 0) is 152 Å². The van der Waals surface area contributed by atoms with Gasteiger partial charge in [0.15, 0.2) is 23.2 Å². The van der Waals surface area contributed by atoms with Gasteiger partial charge in [-0.1, -0.05) is 167 Å². The quantitative estimate of drug-likeness (QED) is 0.0200. The first-order chi connectivity index (χ1) is 61.3. The first-order valence-electron chi connectivity index (χ1n) is 48.3. The fourth-order valence-corrected chi connectivity index (χ4v) is 21.9. The number of aliphatic imine (C=N–C) groups is 2. The van der Waals surface area contributed by atoms with Gasteiger partial charge in [0.1, 0.15) is 54.6 Å². The van der Waals surface area contributed by atoms with Crippen LogP contribution >= 0.6 is 93.5 Å². The number of halogens is 4. The summed E-state index contributed by atoms with van der Waals surface area (Å²) in [5.41, 5.74) is 2.51. The van der Waals surface area contributed by atoms with E-state index in [1.54, 1.807) is 56.4 Å². The molecule has 6 bridgehead atoms. The number of nitrogens with zero attached hydrogens (tertiary/aromatic N) is 12. The Kier molecular flexibility index (Phi) is 41.4. The number of amidine groups is 2. The Bertz CT molecular complexity index is 5290. The second-order valence-corrected chi connectivity index (χ2v) is 45.6. The Morgan fingerprint density at radius 2 is 0.692 bits per heavy atom. The molecule has 130 heavy (non-hydrogen) atoms. The zero-order valence-electron chi connectivity index (χ0n) is 83.9. The molecule has 723 valence electrons. The number of hydrogen-bond acceptors (Lipinski definition) is 18. The average molecular weight is 1990 g/mol. The minimum atomic E-state index is 0. The molecule has 21 nitrogen and oxygen atoms in total. The van der Waals surface area contributed by atoms with Gasteiger partial charge < -0.3 is 70.8 Å². The number of hydrogen-bond donors (Lipinski definition) is 0. The van der Waals surface area contributed by atoms with E-state index in [1.165, 1.54) is 0 Å². The number of thioether (sulfide) groups is 4. The third kappa shape index (κ3) is 25.9. The zero-order chi connectivity index (χ0) is 94.3. The Morgan fingerprint density at radius 3 is 1.10 bits per heavy atom. The largest absolute Gasteiger partial charge is 0.492 e. The van der Waals surface area contributed by atoms with Crippen LogP contribution in [0.5, 0.6) is 40.2 Å². The molecular formula is C100H156Cl4N12O9S4V+4. The molecule has 4 aliphatic heterocycles. The van der Waals surface area contributed by atoms with Crippen LogP contribution in [-0.4, -0.2) is 222 Å². The van der Waals surface area contributed by atoms with Crippen LogP contribution in [0.4, 0.5) is 11.6 Å². The second-order valence-electron chi connectivity index (χ2n) is 39.7. The van der Waals surface area contributed by atoms with Gasteiger partial charge in [-0.3, -0.25) is 0 Å². The average Bonchev–Trinajstić information content (AvgIpc) is 1.53. The van der Waals surface area contributed by atoms with E-state index in [-0.39, 0.29) is 107 Å². The molecule has 0 atom stereocenters. The van der Waals surface area contributed by atoms with Crippen molar-refractivity contribution in [2.75, 3.05) is 183 Å². The molecule has 0 saturated carbocycles. The van der Waals surface area contributed by atoms with Gasteiger partial charge in [0.05, 0.1) is 202 Å². The van der Waals surface area contributed by atoms with Crippen LogP contribution in [-0.2, 0) is 29.9 Å². The summed E-state index contributed by atoms with van der Waals surface area (Å²) < 4.78 is 74.2. The van der Waals surface area contributed by atoms with Gasteiger partial charge in [0, 0.05) is 85.8 Å². The molecule has 30 heteroatoms. The van der Waals surface area contributed by atoms with Crippen LogP contribution in [0.3, 0.4) is 0 Å². The van der Waals surface area contributed by atoms with Crippen LogP contribution < -0.4 is 53.9 Å². The predicted molar refractivity (Wildman–Crippen MR) is 544 cm³/mol. The monoisotopic (exact) mass is 1990 g/mol. The van der Waals surface area contributed by atoms with E-state index in [4.69, 9.17) is 119 Å². The van der Waals surface area contributed by atoms with Crippen molar-refractivity contribution in [3.8, 4) is 46.1 Å². The molecule has 0 N–H and O–H groups in total. The first kappa shape index (κ1) is 109. The summed E-state index contributed by atoms with van der Waals surface area (Å²) in [7, 11) is 9.25. The zero-order valence-corrected chi connectivity index (χ0v) is 91.6. The molecule has 0 spiro atoms. The number of fused-ring (bicyclic) bond motifs is 15. The fourth-order valence-electron chi connectivity index (χ4n) is 15.3. The van der Waals surface area contributed by atoms with Crippen LogP contribution in [0.1, 0.15) is 228 Å². The number of ether oxygens (including phenoxy) is 8. The summed E-state index contributed by atoms with van der Waals surface area (Å²) in [6.45, 7) is 67.0. The SMILES string of the molecule is CC[N+](C)(CC)CCSc1c(Cl)c(OCCC(C)C)c2c(c1OCCC(C)C)C1=Nc3c4c(OCCC(C)C)c(Cl)c(SCC[N+](C)(CC)CC)c(OCCC(C)C)c4c4nc5c6c(OCCC(C)C)c(Cl)c(SCC[N+](C)(CC)CC)c(COCC(C)C)c6c([n+]-5on34)N=c3[n-]c(c4c(OCCC(C)C)c(SCC[N+](C)(CC)CC)c(Cl)c(OCCC(C)C)c34)=NC2=N1.[V]. The van der Waals surface area contributed by atoms with E-state index in [0.717, 1.165) is 120 Å². The van der Waals surface area contributed by atoms with Crippen molar-refractivity contribution >= 4 is 155 Å². The fraction of sp³-hybridized carbons (Fsp3) is 0.680. The Hall–Kier alpha value is -4.42. The standard InChI is InChI=1S/C100H156Cl4N12O9S4.V/c1-29-113(25,30-2)44-55-126-89-69(60-117-59-68(23)24)70-75(84(78(89)101)120-50-39-63(13)14)99-110-100-77-76(85(121-51-40-64(15)16)81(104)92(88(77)124-54-43-67(21)22)129-58-47-116(28,35-7)36-8)98-109-96-74-71(82(118-48-37-61(9)10)79(102)91(87(74)123-53-42-66(19)20)128-57-46-115(27,33-5)34-6)93(106-96)105-94-73-72(95(107-94)108-97(70)111(99)125-112(98)100)83(119-49-38-62(11)12)80(103)90(86(73)122-52-41-65(17)18)127-56-45-114(26,31-3)32-4;/h61-68H,29-60H2,1-28H3;/q+4;.